The van der Waals surface area contributed by atoms with Crippen molar-refractivity contribution in [2.24, 2.45) is 17.8 Å². The molecule has 0 aromatic heterocycles. The molecule has 0 radical (unpaired) electrons. The van der Waals surface area contributed by atoms with Gasteiger partial charge in [-0.1, -0.05) is 41.0 Å². The SMILES string of the molecule is CC[C@@H](C)[C@H](NC(O)[C@@H](C)CC(C)C)C(C)=O. The Morgan fingerprint density at radius 3 is 2.06 bits per heavy atom. The molecule has 0 aromatic rings. The van der Waals surface area contributed by atoms with E-state index in [-0.39, 0.29) is 23.7 Å². The number of aliphatic hydroxyl groups is 1. The van der Waals surface area contributed by atoms with Crippen LogP contribution in [-0.4, -0.2) is 23.2 Å². The molecular formula is C14H29NO2. The van der Waals surface area contributed by atoms with Gasteiger partial charge in [0.2, 0.25) is 0 Å². The molecule has 3 nitrogen and oxygen atoms in total. The molecule has 0 saturated carbocycles. The van der Waals surface area contributed by atoms with Gasteiger partial charge in [0.15, 0.2) is 0 Å². The van der Waals surface area contributed by atoms with Crippen LogP contribution in [-0.2, 0) is 4.79 Å². The van der Waals surface area contributed by atoms with Gasteiger partial charge < -0.3 is 5.11 Å². The molecule has 0 rings (SSSR count). The fraction of sp³-hybridized carbons (Fsp3) is 0.929. The third-order valence-corrected chi connectivity index (χ3v) is 3.38. The lowest BCUT2D eigenvalue weighted by Crippen LogP contribution is -2.48. The number of hydrogen-bond acceptors (Lipinski definition) is 3. The van der Waals surface area contributed by atoms with Crippen molar-refractivity contribution in [1.82, 2.24) is 5.32 Å². The maximum atomic E-state index is 11.6. The molecule has 17 heavy (non-hydrogen) atoms. The van der Waals surface area contributed by atoms with Crippen LogP contribution in [0.1, 0.15) is 54.4 Å². The smallest absolute Gasteiger partial charge is 0.147 e. The molecular weight excluding hydrogens is 214 g/mol. The molecule has 0 heterocycles. The summed E-state index contributed by atoms with van der Waals surface area (Å²) in [7, 11) is 0. The lowest BCUT2D eigenvalue weighted by atomic mass is 9.93. The van der Waals surface area contributed by atoms with Gasteiger partial charge in [-0.2, -0.15) is 0 Å². The summed E-state index contributed by atoms with van der Waals surface area (Å²) in [6, 6.07) is -0.232. The van der Waals surface area contributed by atoms with Gasteiger partial charge >= 0.3 is 0 Å². The number of carbonyl (C=O) groups is 1. The minimum absolute atomic E-state index is 0.107. The van der Waals surface area contributed by atoms with E-state index in [4.69, 9.17) is 0 Å². The van der Waals surface area contributed by atoms with Crippen molar-refractivity contribution in [3.05, 3.63) is 0 Å². The molecule has 0 spiro atoms. The fourth-order valence-corrected chi connectivity index (χ4v) is 2.14. The zero-order valence-corrected chi connectivity index (χ0v) is 12.2. The zero-order chi connectivity index (χ0) is 13.6. The minimum atomic E-state index is -0.597. The molecule has 0 aliphatic carbocycles. The van der Waals surface area contributed by atoms with E-state index in [1.54, 1.807) is 6.92 Å². The van der Waals surface area contributed by atoms with Crippen LogP contribution in [0.25, 0.3) is 0 Å². The standard InChI is InChI=1S/C14H29NO2/c1-7-10(4)13(12(6)16)15-14(17)11(5)8-9(2)3/h9-11,13-15,17H,7-8H2,1-6H3/t10-,11+,13+,14?/m1/s1. The van der Waals surface area contributed by atoms with Crippen LogP contribution < -0.4 is 5.32 Å². The van der Waals surface area contributed by atoms with E-state index in [1.165, 1.54) is 0 Å². The molecule has 0 amide bonds. The van der Waals surface area contributed by atoms with E-state index in [0.29, 0.717) is 5.92 Å². The molecule has 3 heteroatoms. The summed E-state index contributed by atoms with van der Waals surface area (Å²) in [4.78, 5) is 11.6. The first-order chi connectivity index (χ1) is 7.79. The Bertz CT molecular complexity index is 228. The fourth-order valence-electron chi connectivity index (χ4n) is 2.14. The molecule has 1 unspecified atom stereocenters. The Morgan fingerprint density at radius 2 is 1.71 bits per heavy atom. The summed E-state index contributed by atoms with van der Waals surface area (Å²) in [5.74, 6) is 1.09. The van der Waals surface area contributed by atoms with Gasteiger partial charge in [-0.15, -0.1) is 0 Å². The number of aliphatic hydroxyl groups excluding tert-OH is 1. The average Bonchev–Trinajstić information content (AvgIpc) is 2.22. The van der Waals surface area contributed by atoms with Crippen LogP contribution in [0.5, 0.6) is 0 Å². The van der Waals surface area contributed by atoms with Crippen molar-refractivity contribution in [3.8, 4) is 0 Å². The van der Waals surface area contributed by atoms with Crippen LogP contribution in [0.3, 0.4) is 0 Å². The number of ketones is 1. The first-order valence-electron chi connectivity index (χ1n) is 6.74. The Hall–Kier alpha value is -0.410. The van der Waals surface area contributed by atoms with Crippen LogP contribution in [0, 0.1) is 17.8 Å². The monoisotopic (exact) mass is 243 g/mol. The van der Waals surface area contributed by atoms with Gasteiger partial charge in [-0.05, 0) is 31.1 Å². The summed E-state index contributed by atoms with van der Waals surface area (Å²) in [6.45, 7) is 12.0. The number of hydrogen-bond donors (Lipinski definition) is 2. The second-order valence-corrected chi connectivity index (χ2v) is 5.69. The summed E-state index contributed by atoms with van der Waals surface area (Å²) in [6.07, 6.45) is 1.29. The summed E-state index contributed by atoms with van der Waals surface area (Å²) < 4.78 is 0. The van der Waals surface area contributed by atoms with Crippen LogP contribution in [0.15, 0.2) is 0 Å². The maximum absolute atomic E-state index is 11.6. The van der Waals surface area contributed by atoms with Crippen molar-refractivity contribution >= 4 is 5.78 Å². The van der Waals surface area contributed by atoms with E-state index >= 15 is 0 Å². The van der Waals surface area contributed by atoms with Gasteiger partial charge in [-0.25, -0.2) is 0 Å². The van der Waals surface area contributed by atoms with E-state index in [0.717, 1.165) is 12.8 Å². The third kappa shape index (κ3) is 6.18. The van der Waals surface area contributed by atoms with Crippen molar-refractivity contribution in [2.45, 2.75) is 66.7 Å². The topological polar surface area (TPSA) is 49.3 Å². The van der Waals surface area contributed by atoms with E-state index in [2.05, 4.69) is 26.1 Å². The Labute approximate surface area is 106 Å². The molecule has 0 saturated heterocycles. The molecule has 0 fully saturated rings. The Kier molecular flexibility index (Phi) is 7.64. The predicted molar refractivity (Wildman–Crippen MR) is 71.7 cm³/mol. The lowest BCUT2D eigenvalue weighted by Gasteiger charge is -2.28. The van der Waals surface area contributed by atoms with Gasteiger partial charge in [-0.3, -0.25) is 10.1 Å². The van der Waals surface area contributed by atoms with Gasteiger partial charge in [0.05, 0.1) is 6.04 Å². The second kappa shape index (κ2) is 7.83. The first kappa shape index (κ1) is 16.6. The molecule has 4 atom stereocenters. The summed E-state index contributed by atoms with van der Waals surface area (Å²) >= 11 is 0. The largest absolute Gasteiger partial charge is 0.378 e. The summed E-state index contributed by atoms with van der Waals surface area (Å²) in [5.41, 5.74) is 0. The molecule has 0 aliphatic heterocycles. The summed E-state index contributed by atoms with van der Waals surface area (Å²) in [5, 5.41) is 13.1. The third-order valence-electron chi connectivity index (χ3n) is 3.38. The Morgan fingerprint density at radius 1 is 1.18 bits per heavy atom. The first-order valence-corrected chi connectivity index (χ1v) is 6.74. The van der Waals surface area contributed by atoms with E-state index in [9.17, 15) is 9.90 Å². The van der Waals surface area contributed by atoms with E-state index < -0.39 is 6.23 Å². The highest BCUT2D eigenvalue weighted by molar-refractivity contribution is 5.81. The van der Waals surface area contributed by atoms with Crippen LogP contribution in [0.4, 0.5) is 0 Å². The highest BCUT2D eigenvalue weighted by Crippen LogP contribution is 2.16. The van der Waals surface area contributed by atoms with E-state index in [1.807, 2.05) is 13.8 Å². The molecule has 0 aliphatic rings. The number of carbonyl (C=O) groups excluding carboxylic acids is 1. The molecule has 0 aromatic carbocycles. The van der Waals surface area contributed by atoms with Crippen molar-refractivity contribution in [3.63, 3.8) is 0 Å². The van der Waals surface area contributed by atoms with Gasteiger partial charge in [0.1, 0.15) is 12.0 Å². The Balaban J connectivity index is 4.39. The van der Waals surface area contributed by atoms with Gasteiger partial charge in [0.25, 0.3) is 0 Å². The lowest BCUT2D eigenvalue weighted by molar-refractivity contribution is -0.121. The number of Topliss-reactive ketones (excluding diaryl/α,β-unsaturated/α-hetero) is 1. The highest BCUT2D eigenvalue weighted by Gasteiger charge is 2.25. The average molecular weight is 243 g/mol. The normalized spacial score (nSPS) is 18.8. The van der Waals surface area contributed by atoms with Crippen LogP contribution >= 0.6 is 0 Å². The number of rotatable bonds is 8. The zero-order valence-electron chi connectivity index (χ0n) is 12.2. The second-order valence-electron chi connectivity index (χ2n) is 5.69. The highest BCUT2D eigenvalue weighted by atomic mass is 16.3. The quantitative estimate of drug-likeness (QED) is 0.644. The molecule has 102 valence electrons. The van der Waals surface area contributed by atoms with Crippen molar-refractivity contribution in [1.29, 1.82) is 0 Å². The molecule has 2 N–H and O–H groups in total. The van der Waals surface area contributed by atoms with Gasteiger partial charge in [0, 0.05) is 0 Å². The predicted octanol–water partition coefficient (Wildman–Crippen LogP) is 2.58. The molecule has 0 bridgehead atoms. The minimum Gasteiger partial charge on any atom is -0.378 e. The van der Waals surface area contributed by atoms with Crippen LogP contribution in [0.2, 0.25) is 0 Å². The van der Waals surface area contributed by atoms with Crippen molar-refractivity contribution in [2.75, 3.05) is 0 Å². The number of nitrogens with one attached hydrogen (secondary N) is 1. The maximum Gasteiger partial charge on any atom is 0.147 e. The van der Waals surface area contributed by atoms with Crippen molar-refractivity contribution < 1.29 is 9.90 Å².